The van der Waals surface area contributed by atoms with Crippen molar-refractivity contribution in [2.75, 3.05) is 19.8 Å². The lowest BCUT2D eigenvalue weighted by molar-refractivity contribution is 0.0780. The van der Waals surface area contributed by atoms with E-state index in [-0.39, 0.29) is 0 Å². The fraction of sp³-hybridized carbons (Fsp3) is 1.00. The van der Waals surface area contributed by atoms with Crippen LogP contribution >= 0.6 is 0 Å². The molecule has 1 aliphatic rings. The van der Waals surface area contributed by atoms with Crippen LogP contribution in [0.25, 0.3) is 0 Å². The first kappa shape index (κ1) is 15.0. The molecule has 0 aliphatic carbocycles. The molecular weight excluding hydrogens is 210 g/mol. The molecule has 1 saturated heterocycles. The van der Waals surface area contributed by atoms with E-state index in [1.807, 2.05) is 0 Å². The van der Waals surface area contributed by atoms with Gasteiger partial charge in [-0.15, -0.1) is 0 Å². The molecule has 0 aromatic rings. The number of rotatable bonds is 10. The first-order valence-electron chi connectivity index (χ1n) is 7.74. The van der Waals surface area contributed by atoms with E-state index in [0.717, 1.165) is 19.3 Å². The van der Waals surface area contributed by atoms with Crippen LogP contribution in [-0.2, 0) is 4.74 Å². The Hall–Kier alpha value is -0.0800. The van der Waals surface area contributed by atoms with Crippen LogP contribution in [0.2, 0.25) is 0 Å². The fourth-order valence-corrected chi connectivity index (χ4v) is 2.47. The number of ether oxygens (including phenoxy) is 1. The molecule has 0 saturated carbocycles. The first-order valence-corrected chi connectivity index (χ1v) is 7.74. The van der Waals surface area contributed by atoms with Gasteiger partial charge in [0, 0.05) is 19.3 Å². The molecule has 0 unspecified atom stereocenters. The van der Waals surface area contributed by atoms with Crippen LogP contribution < -0.4 is 5.32 Å². The number of unbranched alkanes of at least 4 members (excludes halogenated alkanes) is 7. The maximum Gasteiger partial charge on any atom is 0.0480 e. The Labute approximate surface area is 108 Å². The molecule has 2 heteroatoms. The molecule has 1 rings (SSSR count). The minimum absolute atomic E-state index is 0.730. The van der Waals surface area contributed by atoms with Crippen molar-refractivity contribution in [3.63, 3.8) is 0 Å². The molecule has 0 atom stereocenters. The second kappa shape index (κ2) is 11.0. The van der Waals surface area contributed by atoms with Gasteiger partial charge >= 0.3 is 0 Å². The zero-order chi connectivity index (χ0) is 12.2. The summed E-state index contributed by atoms with van der Waals surface area (Å²) in [7, 11) is 0. The van der Waals surface area contributed by atoms with Crippen LogP contribution in [0.4, 0.5) is 0 Å². The molecule has 2 nitrogen and oxygen atoms in total. The fourth-order valence-electron chi connectivity index (χ4n) is 2.47. The van der Waals surface area contributed by atoms with Crippen molar-refractivity contribution in [2.45, 2.75) is 77.2 Å². The Kier molecular flexibility index (Phi) is 9.72. The highest BCUT2D eigenvalue weighted by Crippen LogP contribution is 2.09. The summed E-state index contributed by atoms with van der Waals surface area (Å²) in [5, 5.41) is 3.65. The average molecular weight is 241 g/mol. The predicted octanol–water partition coefficient (Wildman–Crippen LogP) is 3.90. The van der Waals surface area contributed by atoms with E-state index >= 15 is 0 Å². The molecule has 1 N–H and O–H groups in total. The molecule has 0 aromatic carbocycles. The van der Waals surface area contributed by atoms with Crippen molar-refractivity contribution in [1.29, 1.82) is 0 Å². The van der Waals surface area contributed by atoms with Crippen LogP contribution in [0.5, 0.6) is 0 Å². The second-order valence-corrected chi connectivity index (χ2v) is 5.32. The molecule has 1 fully saturated rings. The Morgan fingerprint density at radius 2 is 1.47 bits per heavy atom. The van der Waals surface area contributed by atoms with Gasteiger partial charge in [-0.2, -0.15) is 0 Å². The highest BCUT2D eigenvalue weighted by atomic mass is 16.5. The summed E-state index contributed by atoms with van der Waals surface area (Å²) in [6, 6.07) is 0.730. The van der Waals surface area contributed by atoms with Gasteiger partial charge in [-0.05, 0) is 25.8 Å². The van der Waals surface area contributed by atoms with Gasteiger partial charge in [0.2, 0.25) is 0 Å². The topological polar surface area (TPSA) is 21.3 Å². The lowest BCUT2D eigenvalue weighted by Crippen LogP contribution is -2.35. The third-order valence-electron chi connectivity index (χ3n) is 3.68. The predicted molar refractivity (Wildman–Crippen MR) is 74.5 cm³/mol. The van der Waals surface area contributed by atoms with E-state index in [9.17, 15) is 0 Å². The molecule has 0 spiro atoms. The van der Waals surface area contributed by atoms with E-state index in [0.29, 0.717) is 0 Å². The second-order valence-electron chi connectivity index (χ2n) is 5.32. The van der Waals surface area contributed by atoms with Crippen LogP contribution in [0.3, 0.4) is 0 Å². The van der Waals surface area contributed by atoms with Gasteiger partial charge in [-0.25, -0.2) is 0 Å². The molecular formula is C15H31NO. The number of hydrogen-bond acceptors (Lipinski definition) is 2. The van der Waals surface area contributed by atoms with Crippen molar-refractivity contribution in [1.82, 2.24) is 5.32 Å². The zero-order valence-corrected chi connectivity index (χ0v) is 11.7. The summed E-state index contributed by atoms with van der Waals surface area (Å²) in [6.45, 7) is 5.39. The molecule has 17 heavy (non-hydrogen) atoms. The van der Waals surface area contributed by atoms with Gasteiger partial charge in [-0.1, -0.05) is 51.9 Å². The van der Waals surface area contributed by atoms with Crippen LogP contribution in [0, 0.1) is 0 Å². The van der Waals surface area contributed by atoms with Gasteiger partial charge < -0.3 is 10.1 Å². The maximum atomic E-state index is 5.35. The van der Waals surface area contributed by atoms with Crippen molar-refractivity contribution in [3.05, 3.63) is 0 Å². The summed E-state index contributed by atoms with van der Waals surface area (Å²) in [5.74, 6) is 0. The summed E-state index contributed by atoms with van der Waals surface area (Å²) < 4.78 is 5.35. The van der Waals surface area contributed by atoms with E-state index in [1.165, 1.54) is 70.8 Å². The Morgan fingerprint density at radius 3 is 2.12 bits per heavy atom. The smallest absolute Gasteiger partial charge is 0.0480 e. The van der Waals surface area contributed by atoms with E-state index < -0.39 is 0 Å². The summed E-state index contributed by atoms with van der Waals surface area (Å²) in [4.78, 5) is 0. The number of hydrogen-bond donors (Lipinski definition) is 1. The van der Waals surface area contributed by atoms with Crippen molar-refractivity contribution < 1.29 is 4.74 Å². The number of nitrogens with one attached hydrogen (secondary N) is 1. The zero-order valence-electron chi connectivity index (χ0n) is 11.7. The molecule has 0 amide bonds. The normalized spacial score (nSPS) is 17.5. The Bertz CT molecular complexity index is 155. The lowest BCUT2D eigenvalue weighted by Gasteiger charge is -2.23. The molecule has 0 aromatic heterocycles. The van der Waals surface area contributed by atoms with Crippen LogP contribution in [0.15, 0.2) is 0 Å². The monoisotopic (exact) mass is 241 g/mol. The van der Waals surface area contributed by atoms with Crippen molar-refractivity contribution in [3.8, 4) is 0 Å². The van der Waals surface area contributed by atoms with E-state index in [4.69, 9.17) is 4.74 Å². The van der Waals surface area contributed by atoms with E-state index in [2.05, 4.69) is 12.2 Å². The highest BCUT2D eigenvalue weighted by Gasteiger charge is 2.11. The molecule has 0 bridgehead atoms. The Balaban J connectivity index is 1.75. The standard InChI is InChI=1S/C15H31NO/c1-2-3-4-5-6-7-8-9-12-16-15-10-13-17-14-11-15/h15-16H,2-14H2,1H3. The maximum absolute atomic E-state index is 5.35. The molecule has 1 aliphatic heterocycles. The third kappa shape index (κ3) is 8.62. The third-order valence-corrected chi connectivity index (χ3v) is 3.68. The summed E-state index contributed by atoms with van der Waals surface area (Å²) in [6.07, 6.45) is 13.7. The lowest BCUT2D eigenvalue weighted by atomic mass is 10.1. The molecule has 102 valence electrons. The van der Waals surface area contributed by atoms with Crippen molar-refractivity contribution >= 4 is 0 Å². The van der Waals surface area contributed by atoms with Gasteiger partial charge in [0.25, 0.3) is 0 Å². The summed E-state index contributed by atoms with van der Waals surface area (Å²) >= 11 is 0. The van der Waals surface area contributed by atoms with Gasteiger partial charge in [0.05, 0.1) is 0 Å². The minimum Gasteiger partial charge on any atom is -0.381 e. The van der Waals surface area contributed by atoms with Gasteiger partial charge in [-0.3, -0.25) is 0 Å². The van der Waals surface area contributed by atoms with Crippen molar-refractivity contribution in [2.24, 2.45) is 0 Å². The van der Waals surface area contributed by atoms with Gasteiger partial charge in [0.1, 0.15) is 0 Å². The largest absolute Gasteiger partial charge is 0.381 e. The average Bonchev–Trinajstić information content (AvgIpc) is 2.38. The SMILES string of the molecule is CCCCCCCCCCNC1CCOCC1. The quantitative estimate of drug-likeness (QED) is 0.586. The minimum atomic E-state index is 0.730. The van der Waals surface area contributed by atoms with Gasteiger partial charge in [0.15, 0.2) is 0 Å². The first-order chi connectivity index (χ1) is 8.43. The van der Waals surface area contributed by atoms with E-state index in [1.54, 1.807) is 0 Å². The van der Waals surface area contributed by atoms with Crippen LogP contribution in [-0.4, -0.2) is 25.8 Å². The molecule has 1 heterocycles. The highest BCUT2D eigenvalue weighted by molar-refractivity contribution is 4.69. The van der Waals surface area contributed by atoms with Crippen LogP contribution in [0.1, 0.15) is 71.1 Å². The summed E-state index contributed by atoms with van der Waals surface area (Å²) in [5.41, 5.74) is 0. The Morgan fingerprint density at radius 1 is 0.882 bits per heavy atom. The molecule has 0 radical (unpaired) electrons.